The molecule has 0 aliphatic heterocycles. The highest BCUT2D eigenvalue weighted by molar-refractivity contribution is 14.1. The van der Waals surface area contributed by atoms with Crippen LogP contribution in [0.1, 0.15) is 27.3 Å². The largest absolute Gasteiger partial charge is 0.318 e. The number of nitrogens with one attached hydrogen (secondary N) is 1. The Bertz CT molecular complexity index is 997. The summed E-state index contributed by atoms with van der Waals surface area (Å²) in [4.78, 5) is 16.0. The van der Waals surface area contributed by atoms with Gasteiger partial charge in [0.05, 0.1) is 11.8 Å². The van der Waals surface area contributed by atoms with Crippen molar-refractivity contribution in [1.82, 2.24) is 15.0 Å². The van der Waals surface area contributed by atoms with E-state index < -0.39 is 5.91 Å². The molecular weight excluding hydrogens is 463 g/mol. The van der Waals surface area contributed by atoms with Gasteiger partial charge in [-0.1, -0.05) is 17.7 Å². The molecule has 0 aliphatic carbocycles. The third kappa shape index (κ3) is 3.96. The summed E-state index contributed by atoms with van der Waals surface area (Å²) in [5, 5.41) is 4.21. The quantitative estimate of drug-likeness (QED) is 0.260. The van der Waals surface area contributed by atoms with Crippen LogP contribution < -0.4 is 5.43 Å². The minimum Gasteiger partial charge on any atom is -0.318 e. The lowest BCUT2D eigenvalue weighted by Gasteiger charge is -2.09. The number of amides is 1. The third-order valence-corrected chi connectivity index (χ3v) is 4.88. The van der Waals surface area contributed by atoms with E-state index in [9.17, 15) is 4.79 Å². The number of hydrazone groups is 1. The second-order valence-corrected chi connectivity index (χ2v) is 7.29. The number of hydrogen-bond donors (Lipinski definition) is 1. The van der Waals surface area contributed by atoms with Crippen LogP contribution >= 0.6 is 34.2 Å². The van der Waals surface area contributed by atoms with Gasteiger partial charge in [-0.25, -0.2) is 10.4 Å². The van der Waals surface area contributed by atoms with E-state index in [1.54, 1.807) is 18.3 Å². The lowest BCUT2D eigenvalue weighted by molar-refractivity contribution is 0.0955. The standard InChI is InChI=1S/C19H16ClIN4O/c1-12-9-14(13(2)25(12)16-6-3-5-15(21)10-16)11-23-24-19(26)17-7-4-8-22-18(17)20/h3-11H,1-2H3,(H,24,26). The zero-order valence-electron chi connectivity index (χ0n) is 14.2. The van der Waals surface area contributed by atoms with Crippen LogP contribution in [0, 0.1) is 17.4 Å². The number of pyridine rings is 1. The van der Waals surface area contributed by atoms with E-state index in [0.29, 0.717) is 0 Å². The van der Waals surface area contributed by atoms with Gasteiger partial charge < -0.3 is 4.57 Å². The van der Waals surface area contributed by atoms with Crippen molar-refractivity contribution in [3.8, 4) is 5.69 Å². The minimum atomic E-state index is -0.397. The van der Waals surface area contributed by atoms with Crippen molar-refractivity contribution in [3.05, 3.63) is 79.9 Å². The summed E-state index contributed by atoms with van der Waals surface area (Å²) in [5.74, 6) is -0.397. The molecule has 0 unspecified atom stereocenters. The van der Waals surface area contributed by atoms with Gasteiger partial charge in [-0.05, 0) is 72.8 Å². The molecule has 0 saturated carbocycles. The van der Waals surface area contributed by atoms with E-state index in [4.69, 9.17) is 11.6 Å². The maximum atomic E-state index is 12.1. The van der Waals surface area contributed by atoms with E-state index in [2.05, 4.69) is 60.9 Å². The Kier molecular flexibility index (Phi) is 5.73. The predicted octanol–water partition coefficient (Wildman–Crippen LogP) is 4.51. The lowest BCUT2D eigenvalue weighted by atomic mass is 10.2. The lowest BCUT2D eigenvalue weighted by Crippen LogP contribution is -2.18. The van der Waals surface area contributed by atoms with Gasteiger partial charge in [0.25, 0.3) is 5.91 Å². The second-order valence-electron chi connectivity index (χ2n) is 5.68. The van der Waals surface area contributed by atoms with Gasteiger partial charge in [-0.15, -0.1) is 0 Å². The zero-order chi connectivity index (χ0) is 18.7. The average Bonchev–Trinajstić information content (AvgIpc) is 2.89. The summed E-state index contributed by atoms with van der Waals surface area (Å²) in [6.45, 7) is 4.06. The second kappa shape index (κ2) is 8.01. The van der Waals surface area contributed by atoms with E-state index >= 15 is 0 Å². The summed E-state index contributed by atoms with van der Waals surface area (Å²) >= 11 is 8.21. The molecule has 5 nitrogen and oxygen atoms in total. The fraction of sp³-hybridized carbons (Fsp3) is 0.105. The van der Waals surface area contributed by atoms with Crippen molar-refractivity contribution >= 4 is 46.3 Å². The van der Waals surface area contributed by atoms with Crippen LogP contribution in [-0.2, 0) is 0 Å². The number of benzene rings is 1. The summed E-state index contributed by atoms with van der Waals surface area (Å²) in [5.41, 5.74) is 6.93. The van der Waals surface area contributed by atoms with Crippen molar-refractivity contribution in [3.63, 3.8) is 0 Å². The third-order valence-electron chi connectivity index (χ3n) is 3.91. The van der Waals surface area contributed by atoms with Crippen LogP contribution in [0.2, 0.25) is 5.15 Å². The Morgan fingerprint density at radius 3 is 2.81 bits per heavy atom. The molecule has 0 aliphatic rings. The van der Waals surface area contributed by atoms with Crippen LogP contribution in [0.25, 0.3) is 5.69 Å². The molecule has 1 N–H and O–H groups in total. The number of carbonyl (C=O) groups is 1. The molecule has 2 aromatic heterocycles. The number of aromatic nitrogens is 2. The molecule has 0 bridgehead atoms. The van der Waals surface area contributed by atoms with Crippen LogP contribution in [0.3, 0.4) is 0 Å². The first-order valence-electron chi connectivity index (χ1n) is 7.86. The van der Waals surface area contributed by atoms with E-state index in [-0.39, 0.29) is 10.7 Å². The Hall–Kier alpha value is -2.19. The maximum Gasteiger partial charge on any atom is 0.274 e. The predicted molar refractivity (Wildman–Crippen MR) is 112 cm³/mol. The van der Waals surface area contributed by atoms with Crippen LogP contribution in [0.4, 0.5) is 0 Å². The van der Waals surface area contributed by atoms with Gasteiger partial charge in [-0.2, -0.15) is 5.10 Å². The van der Waals surface area contributed by atoms with Crippen molar-refractivity contribution < 1.29 is 4.79 Å². The molecule has 3 rings (SSSR count). The van der Waals surface area contributed by atoms with Crippen molar-refractivity contribution in [2.24, 2.45) is 5.10 Å². The molecule has 7 heteroatoms. The molecule has 1 amide bonds. The number of nitrogens with zero attached hydrogens (tertiary/aromatic N) is 3. The van der Waals surface area contributed by atoms with Crippen LogP contribution in [0.5, 0.6) is 0 Å². The van der Waals surface area contributed by atoms with Crippen LogP contribution in [-0.4, -0.2) is 21.7 Å². The summed E-state index contributed by atoms with van der Waals surface area (Å²) in [6, 6.07) is 13.6. The number of hydrogen-bond acceptors (Lipinski definition) is 3. The van der Waals surface area contributed by atoms with Gasteiger partial charge in [-0.3, -0.25) is 4.79 Å². The van der Waals surface area contributed by atoms with Gasteiger partial charge in [0.15, 0.2) is 0 Å². The molecule has 3 aromatic rings. The van der Waals surface area contributed by atoms with Crippen molar-refractivity contribution in [2.45, 2.75) is 13.8 Å². The first-order valence-corrected chi connectivity index (χ1v) is 9.32. The first kappa shape index (κ1) is 18.6. The molecule has 26 heavy (non-hydrogen) atoms. The molecular formula is C19H16ClIN4O. The molecule has 0 radical (unpaired) electrons. The Morgan fingerprint density at radius 1 is 1.27 bits per heavy atom. The molecule has 0 atom stereocenters. The summed E-state index contributed by atoms with van der Waals surface area (Å²) in [6.07, 6.45) is 3.16. The highest BCUT2D eigenvalue weighted by Gasteiger charge is 2.11. The topological polar surface area (TPSA) is 59.3 Å². The Balaban J connectivity index is 1.81. The number of rotatable bonds is 4. The fourth-order valence-corrected chi connectivity index (χ4v) is 3.44. The summed E-state index contributed by atoms with van der Waals surface area (Å²) in [7, 11) is 0. The van der Waals surface area contributed by atoms with Gasteiger partial charge >= 0.3 is 0 Å². The van der Waals surface area contributed by atoms with Crippen LogP contribution in [0.15, 0.2) is 53.8 Å². The van der Waals surface area contributed by atoms with Gasteiger partial charge in [0, 0.05) is 32.4 Å². The fourth-order valence-electron chi connectivity index (χ4n) is 2.71. The normalized spacial score (nSPS) is 11.1. The molecule has 1 aromatic carbocycles. The number of aryl methyl sites for hydroxylation is 1. The van der Waals surface area contributed by atoms with Gasteiger partial charge in [0.2, 0.25) is 0 Å². The summed E-state index contributed by atoms with van der Waals surface area (Å²) < 4.78 is 3.33. The smallest absolute Gasteiger partial charge is 0.274 e. The number of halogens is 2. The van der Waals surface area contributed by atoms with Crippen molar-refractivity contribution in [2.75, 3.05) is 0 Å². The molecule has 0 spiro atoms. The Labute approximate surface area is 170 Å². The van der Waals surface area contributed by atoms with E-state index in [1.807, 2.05) is 26.0 Å². The zero-order valence-corrected chi connectivity index (χ0v) is 17.1. The highest BCUT2D eigenvalue weighted by atomic mass is 127. The maximum absolute atomic E-state index is 12.1. The first-order chi connectivity index (χ1) is 12.5. The van der Waals surface area contributed by atoms with E-state index in [1.165, 1.54) is 9.77 Å². The highest BCUT2D eigenvalue weighted by Crippen LogP contribution is 2.21. The molecule has 132 valence electrons. The number of carbonyl (C=O) groups excluding carboxylic acids is 1. The minimum absolute atomic E-state index is 0.150. The monoisotopic (exact) mass is 478 g/mol. The van der Waals surface area contributed by atoms with Crippen molar-refractivity contribution in [1.29, 1.82) is 0 Å². The molecule has 2 heterocycles. The Morgan fingerprint density at radius 2 is 2.08 bits per heavy atom. The van der Waals surface area contributed by atoms with Gasteiger partial charge in [0.1, 0.15) is 5.15 Å². The average molecular weight is 479 g/mol. The molecule has 0 saturated heterocycles. The molecule has 0 fully saturated rings. The SMILES string of the molecule is Cc1cc(C=NNC(=O)c2cccnc2Cl)c(C)n1-c1cccc(I)c1. The van der Waals surface area contributed by atoms with E-state index in [0.717, 1.165) is 22.6 Å².